The third kappa shape index (κ3) is 3.24. The lowest BCUT2D eigenvalue weighted by molar-refractivity contribution is 0.00336. The Bertz CT molecular complexity index is 334. The Hall–Kier alpha value is -1.55. The molecule has 1 aromatic carbocycles. The van der Waals surface area contributed by atoms with Gasteiger partial charge in [0.05, 0.1) is 6.10 Å². The lowest BCUT2D eigenvalue weighted by Crippen LogP contribution is -2.32. The molecule has 1 aliphatic rings. The number of amides is 2. The monoisotopic (exact) mass is 220 g/mol. The van der Waals surface area contributed by atoms with Gasteiger partial charge in [0.25, 0.3) is 0 Å². The maximum atomic E-state index is 11.4. The van der Waals surface area contributed by atoms with Crippen molar-refractivity contribution in [2.24, 2.45) is 0 Å². The van der Waals surface area contributed by atoms with E-state index in [1.54, 1.807) is 0 Å². The van der Waals surface area contributed by atoms with Crippen LogP contribution in [0.3, 0.4) is 0 Å². The van der Waals surface area contributed by atoms with Gasteiger partial charge in [-0.1, -0.05) is 31.0 Å². The molecule has 1 saturated carbocycles. The molecule has 2 rings (SSSR count). The number of nitrogens with one attached hydrogen (secondary N) is 2. The number of carbonyl (C=O) groups excluding carboxylic acids is 1. The molecule has 2 amide bonds. The second kappa shape index (κ2) is 5.51. The average Bonchev–Trinajstić information content (AvgIpc) is 2.81. The summed E-state index contributed by atoms with van der Waals surface area (Å²) in [6, 6.07) is 8.97. The molecule has 86 valence electrons. The summed E-state index contributed by atoms with van der Waals surface area (Å²) in [5.74, 6) is 0. The lowest BCUT2D eigenvalue weighted by Gasteiger charge is -2.12. The Labute approximate surface area is 94.9 Å². The summed E-state index contributed by atoms with van der Waals surface area (Å²) >= 11 is 0. The van der Waals surface area contributed by atoms with E-state index in [9.17, 15) is 4.79 Å². The Balaban J connectivity index is 1.72. The van der Waals surface area contributed by atoms with Crippen LogP contribution in [0.4, 0.5) is 10.5 Å². The van der Waals surface area contributed by atoms with Crippen molar-refractivity contribution in [2.45, 2.75) is 31.8 Å². The standard InChI is InChI=1S/C12H16N2O2/c15-12(13-10-6-2-1-3-7-10)14-16-11-8-4-5-9-11/h1-3,6-7,11H,4-5,8-9H2,(H2,13,14,15). The molecule has 0 saturated heterocycles. The van der Waals surface area contributed by atoms with Crippen molar-refractivity contribution < 1.29 is 9.63 Å². The minimum absolute atomic E-state index is 0.182. The quantitative estimate of drug-likeness (QED) is 0.769. The molecule has 0 aliphatic heterocycles. The lowest BCUT2D eigenvalue weighted by atomic mass is 10.3. The smallest absolute Gasteiger partial charge is 0.306 e. The molecule has 0 radical (unpaired) electrons. The zero-order valence-corrected chi connectivity index (χ0v) is 9.11. The van der Waals surface area contributed by atoms with Gasteiger partial charge in [0.1, 0.15) is 0 Å². The van der Waals surface area contributed by atoms with Crippen molar-refractivity contribution in [3.8, 4) is 0 Å². The first-order valence-corrected chi connectivity index (χ1v) is 5.62. The van der Waals surface area contributed by atoms with E-state index >= 15 is 0 Å². The summed E-state index contributed by atoms with van der Waals surface area (Å²) in [7, 11) is 0. The van der Waals surface area contributed by atoms with Crippen molar-refractivity contribution >= 4 is 11.7 Å². The van der Waals surface area contributed by atoms with Crippen LogP contribution in [0, 0.1) is 0 Å². The Morgan fingerprint density at radius 3 is 2.56 bits per heavy atom. The molecule has 0 aromatic heterocycles. The molecule has 1 aromatic rings. The number of benzene rings is 1. The van der Waals surface area contributed by atoms with E-state index in [1.165, 1.54) is 12.8 Å². The third-order valence-corrected chi connectivity index (χ3v) is 2.65. The Morgan fingerprint density at radius 1 is 1.19 bits per heavy atom. The van der Waals surface area contributed by atoms with Gasteiger partial charge in [-0.15, -0.1) is 0 Å². The summed E-state index contributed by atoms with van der Waals surface area (Å²) in [5, 5.41) is 2.69. The van der Waals surface area contributed by atoms with Crippen LogP contribution in [0.15, 0.2) is 30.3 Å². The summed E-state index contributed by atoms with van der Waals surface area (Å²) in [5.41, 5.74) is 3.18. The van der Waals surface area contributed by atoms with Crippen molar-refractivity contribution in [3.63, 3.8) is 0 Å². The first kappa shape index (κ1) is 11.0. The molecule has 0 spiro atoms. The first-order chi connectivity index (χ1) is 7.84. The van der Waals surface area contributed by atoms with Crippen LogP contribution in [0.2, 0.25) is 0 Å². The second-order valence-electron chi connectivity index (χ2n) is 3.95. The van der Waals surface area contributed by atoms with Gasteiger partial charge in [-0.05, 0) is 25.0 Å². The van der Waals surface area contributed by atoms with Crippen molar-refractivity contribution in [1.82, 2.24) is 5.48 Å². The van der Waals surface area contributed by atoms with Crippen LogP contribution in [-0.2, 0) is 4.84 Å². The predicted octanol–water partition coefficient (Wildman–Crippen LogP) is 2.68. The summed E-state index contributed by atoms with van der Waals surface area (Å²) in [4.78, 5) is 16.7. The Morgan fingerprint density at radius 2 is 1.88 bits per heavy atom. The van der Waals surface area contributed by atoms with Gasteiger partial charge in [0.2, 0.25) is 0 Å². The highest BCUT2D eigenvalue weighted by Crippen LogP contribution is 2.19. The summed E-state index contributed by atoms with van der Waals surface area (Å²) < 4.78 is 0. The van der Waals surface area contributed by atoms with Gasteiger partial charge in [-0.25, -0.2) is 10.3 Å². The van der Waals surface area contributed by atoms with Crippen LogP contribution >= 0.6 is 0 Å². The molecule has 16 heavy (non-hydrogen) atoms. The predicted molar refractivity (Wildman–Crippen MR) is 61.9 cm³/mol. The minimum atomic E-state index is -0.321. The van der Waals surface area contributed by atoms with Crippen LogP contribution < -0.4 is 10.8 Å². The van der Waals surface area contributed by atoms with Gasteiger partial charge in [-0.3, -0.25) is 4.84 Å². The van der Waals surface area contributed by atoms with E-state index in [2.05, 4.69) is 10.8 Å². The molecule has 0 unspecified atom stereocenters. The number of carbonyl (C=O) groups is 1. The fourth-order valence-corrected chi connectivity index (χ4v) is 1.82. The van der Waals surface area contributed by atoms with Gasteiger partial charge >= 0.3 is 6.03 Å². The Kier molecular flexibility index (Phi) is 3.77. The maximum absolute atomic E-state index is 11.4. The zero-order chi connectivity index (χ0) is 11.2. The third-order valence-electron chi connectivity index (χ3n) is 2.65. The minimum Gasteiger partial charge on any atom is -0.306 e. The highest BCUT2D eigenvalue weighted by atomic mass is 16.7. The number of hydrogen-bond donors (Lipinski definition) is 2. The maximum Gasteiger partial charge on any atom is 0.343 e. The van der Waals surface area contributed by atoms with E-state index in [-0.39, 0.29) is 12.1 Å². The fourth-order valence-electron chi connectivity index (χ4n) is 1.82. The largest absolute Gasteiger partial charge is 0.343 e. The summed E-state index contributed by atoms with van der Waals surface area (Å²) in [6.45, 7) is 0. The average molecular weight is 220 g/mol. The highest BCUT2D eigenvalue weighted by molar-refractivity contribution is 5.88. The number of rotatable bonds is 3. The molecular formula is C12H16N2O2. The molecule has 0 bridgehead atoms. The van der Waals surface area contributed by atoms with Gasteiger partial charge in [0, 0.05) is 5.69 Å². The van der Waals surface area contributed by atoms with Crippen molar-refractivity contribution in [1.29, 1.82) is 0 Å². The number of para-hydroxylation sites is 1. The van der Waals surface area contributed by atoms with Crippen LogP contribution in [0.25, 0.3) is 0 Å². The molecule has 4 nitrogen and oxygen atoms in total. The number of hydrogen-bond acceptors (Lipinski definition) is 2. The van der Waals surface area contributed by atoms with E-state index in [0.717, 1.165) is 18.5 Å². The van der Waals surface area contributed by atoms with E-state index < -0.39 is 0 Å². The van der Waals surface area contributed by atoms with Crippen LogP contribution in [0.5, 0.6) is 0 Å². The number of urea groups is 1. The molecule has 4 heteroatoms. The fraction of sp³-hybridized carbons (Fsp3) is 0.417. The normalized spacial score (nSPS) is 16.0. The molecule has 1 aliphatic carbocycles. The van der Waals surface area contributed by atoms with Crippen molar-refractivity contribution in [2.75, 3.05) is 5.32 Å². The second-order valence-corrected chi connectivity index (χ2v) is 3.95. The molecular weight excluding hydrogens is 204 g/mol. The highest BCUT2D eigenvalue weighted by Gasteiger charge is 2.16. The molecule has 1 fully saturated rings. The zero-order valence-electron chi connectivity index (χ0n) is 9.11. The molecule has 0 heterocycles. The van der Waals surface area contributed by atoms with Gasteiger partial charge in [0.15, 0.2) is 0 Å². The van der Waals surface area contributed by atoms with Gasteiger partial charge in [-0.2, -0.15) is 0 Å². The molecule has 2 N–H and O–H groups in total. The number of anilines is 1. The number of hydroxylamine groups is 1. The van der Waals surface area contributed by atoms with E-state index in [1.807, 2.05) is 30.3 Å². The molecule has 0 atom stereocenters. The summed E-state index contributed by atoms with van der Waals surface area (Å²) in [6.07, 6.45) is 4.62. The topological polar surface area (TPSA) is 50.4 Å². The first-order valence-electron chi connectivity index (χ1n) is 5.62. The van der Waals surface area contributed by atoms with Crippen molar-refractivity contribution in [3.05, 3.63) is 30.3 Å². The van der Waals surface area contributed by atoms with Gasteiger partial charge < -0.3 is 5.32 Å². The van der Waals surface area contributed by atoms with Crippen LogP contribution in [0.1, 0.15) is 25.7 Å². The van der Waals surface area contributed by atoms with Crippen LogP contribution in [-0.4, -0.2) is 12.1 Å². The van der Waals surface area contributed by atoms with E-state index in [0.29, 0.717) is 0 Å². The SMILES string of the molecule is O=C(NOC1CCCC1)Nc1ccccc1. The van der Waals surface area contributed by atoms with E-state index in [4.69, 9.17) is 4.84 Å².